The van der Waals surface area contributed by atoms with E-state index in [0.29, 0.717) is 13.0 Å². The van der Waals surface area contributed by atoms with E-state index < -0.39 is 28.0 Å². The predicted molar refractivity (Wildman–Crippen MR) is 86.8 cm³/mol. The zero-order valence-electron chi connectivity index (χ0n) is 13.3. The number of nitrogens with zero attached hydrogens (tertiary/aromatic N) is 2. The van der Waals surface area contributed by atoms with E-state index in [1.54, 1.807) is 12.1 Å². The Bertz CT molecular complexity index is 666. The van der Waals surface area contributed by atoms with Crippen molar-refractivity contribution in [2.45, 2.75) is 32.2 Å². The van der Waals surface area contributed by atoms with Gasteiger partial charge in [0.2, 0.25) is 5.91 Å². The highest BCUT2D eigenvalue weighted by molar-refractivity contribution is 7.87. The van der Waals surface area contributed by atoms with Gasteiger partial charge in [0.1, 0.15) is 11.9 Å². The number of amides is 1. The van der Waals surface area contributed by atoms with Crippen molar-refractivity contribution in [2.75, 3.05) is 25.0 Å². The number of rotatable bonds is 7. The number of unbranched alkanes of at least 4 members (excludes halogenated alkanes) is 1. The SMILES string of the molecule is CCCCN(C)S(=O)(=O)NC1CCN(c2ccccc2F)C1=O. The summed E-state index contributed by atoms with van der Waals surface area (Å²) >= 11 is 0. The van der Waals surface area contributed by atoms with Crippen molar-refractivity contribution in [1.29, 1.82) is 0 Å². The van der Waals surface area contributed by atoms with Crippen LogP contribution < -0.4 is 9.62 Å². The number of anilines is 1. The van der Waals surface area contributed by atoms with Gasteiger partial charge in [-0.2, -0.15) is 17.4 Å². The van der Waals surface area contributed by atoms with Gasteiger partial charge in [0, 0.05) is 20.1 Å². The third-order valence-corrected chi connectivity index (χ3v) is 5.46. The summed E-state index contributed by atoms with van der Waals surface area (Å²) in [5.41, 5.74) is 0.179. The number of halogens is 1. The van der Waals surface area contributed by atoms with Crippen LogP contribution in [0.1, 0.15) is 26.2 Å². The molecule has 0 aromatic heterocycles. The van der Waals surface area contributed by atoms with Crippen molar-refractivity contribution in [1.82, 2.24) is 9.03 Å². The quantitative estimate of drug-likeness (QED) is 0.816. The van der Waals surface area contributed by atoms with Crippen LogP contribution in [0.2, 0.25) is 0 Å². The molecule has 23 heavy (non-hydrogen) atoms. The van der Waals surface area contributed by atoms with Gasteiger partial charge in [-0.1, -0.05) is 25.5 Å². The van der Waals surface area contributed by atoms with Crippen LogP contribution in [0, 0.1) is 5.82 Å². The van der Waals surface area contributed by atoms with Gasteiger partial charge in [0.15, 0.2) is 0 Å². The summed E-state index contributed by atoms with van der Waals surface area (Å²) in [6, 6.07) is 5.11. The number of hydrogen-bond acceptors (Lipinski definition) is 3. The molecule has 1 N–H and O–H groups in total. The molecule has 1 fully saturated rings. The molecule has 0 spiro atoms. The molecule has 6 nitrogen and oxygen atoms in total. The number of carbonyl (C=O) groups excluding carboxylic acids is 1. The van der Waals surface area contributed by atoms with Gasteiger partial charge >= 0.3 is 0 Å². The van der Waals surface area contributed by atoms with Gasteiger partial charge in [-0.3, -0.25) is 4.79 Å². The highest BCUT2D eigenvalue weighted by Gasteiger charge is 2.37. The van der Waals surface area contributed by atoms with Crippen molar-refractivity contribution in [3.05, 3.63) is 30.1 Å². The molecular weight excluding hydrogens is 321 g/mol. The number of nitrogens with one attached hydrogen (secondary N) is 1. The Labute approximate surface area is 136 Å². The molecule has 1 saturated heterocycles. The summed E-state index contributed by atoms with van der Waals surface area (Å²) in [7, 11) is -2.24. The van der Waals surface area contributed by atoms with E-state index >= 15 is 0 Å². The summed E-state index contributed by atoms with van der Waals surface area (Å²) in [6.07, 6.45) is 1.94. The summed E-state index contributed by atoms with van der Waals surface area (Å²) < 4.78 is 41.9. The third kappa shape index (κ3) is 4.07. The third-order valence-electron chi connectivity index (χ3n) is 3.88. The van der Waals surface area contributed by atoms with Crippen LogP contribution in [0.5, 0.6) is 0 Å². The topological polar surface area (TPSA) is 69.7 Å². The Kier molecular flexibility index (Phi) is 5.72. The first kappa shape index (κ1) is 17.8. The summed E-state index contributed by atoms with van der Waals surface area (Å²) in [5, 5.41) is 0. The van der Waals surface area contributed by atoms with Crippen molar-refractivity contribution < 1.29 is 17.6 Å². The maximum atomic E-state index is 13.8. The molecule has 0 saturated carbocycles. The Morgan fingerprint density at radius 1 is 1.39 bits per heavy atom. The lowest BCUT2D eigenvalue weighted by molar-refractivity contribution is -0.118. The molecule has 2 rings (SSSR count). The smallest absolute Gasteiger partial charge is 0.279 e. The minimum Gasteiger partial charge on any atom is -0.308 e. The van der Waals surface area contributed by atoms with Crippen molar-refractivity contribution in [2.24, 2.45) is 0 Å². The van der Waals surface area contributed by atoms with Gasteiger partial charge in [-0.05, 0) is 25.0 Å². The fraction of sp³-hybridized carbons (Fsp3) is 0.533. The minimum atomic E-state index is -3.72. The normalized spacial score (nSPS) is 18.9. The summed E-state index contributed by atoms with van der Waals surface area (Å²) in [6.45, 7) is 2.65. The Morgan fingerprint density at radius 2 is 2.09 bits per heavy atom. The lowest BCUT2D eigenvalue weighted by Gasteiger charge is -2.21. The molecular formula is C15H22FN3O3S. The average molecular weight is 343 g/mol. The maximum absolute atomic E-state index is 13.8. The van der Waals surface area contributed by atoms with E-state index in [4.69, 9.17) is 0 Å². The van der Waals surface area contributed by atoms with Gasteiger partial charge in [0.05, 0.1) is 5.69 Å². The number of para-hydroxylation sites is 1. The maximum Gasteiger partial charge on any atom is 0.279 e. The predicted octanol–water partition coefficient (Wildman–Crippen LogP) is 1.50. The number of carbonyl (C=O) groups is 1. The summed E-state index contributed by atoms with van der Waals surface area (Å²) in [5.74, 6) is -0.924. The highest BCUT2D eigenvalue weighted by Crippen LogP contribution is 2.24. The summed E-state index contributed by atoms with van der Waals surface area (Å²) in [4.78, 5) is 13.7. The standard InChI is InChI=1S/C15H22FN3O3S/c1-3-4-10-18(2)23(21,22)17-13-9-11-19(15(13)20)14-8-6-5-7-12(14)16/h5-8,13,17H,3-4,9-11H2,1-2H3. The van der Waals surface area contributed by atoms with E-state index in [1.807, 2.05) is 6.92 Å². The van der Waals surface area contributed by atoms with E-state index in [-0.39, 0.29) is 12.2 Å². The second-order valence-corrected chi connectivity index (χ2v) is 7.39. The molecule has 1 unspecified atom stereocenters. The van der Waals surface area contributed by atoms with Gasteiger partial charge in [0.25, 0.3) is 10.2 Å². The van der Waals surface area contributed by atoms with E-state index in [2.05, 4.69) is 4.72 Å². The van der Waals surface area contributed by atoms with E-state index in [9.17, 15) is 17.6 Å². The molecule has 1 aliphatic rings. The second-order valence-electron chi connectivity index (χ2n) is 5.58. The Balaban J connectivity index is 2.06. The zero-order chi connectivity index (χ0) is 17.0. The van der Waals surface area contributed by atoms with E-state index in [1.165, 1.54) is 28.4 Å². The lowest BCUT2D eigenvalue weighted by Crippen LogP contribution is -2.47. The molecule has 1 aromatic rings. The molecule has 128 valence electrons. The average Bonchev–Trinajstić information content (AvgIpc) is 2.86. The van der Waals surface area contributed by atoms with Crippen LogP contribution in [0.3, 0.4) is 0 Å². The van der Waals surface area contributed by atoms with Gasteiger partial charge in [-0.15, -0.1) is 0 Å². The molecule has 1 aliphatic heterocycles. The van der Waals surface area contributed by atoms with E-state index in [0.717, 1.165) is 12.8 Å². The van der Waals surface area contributed by atoms with Gasteiger partial charge < -0.3 is 4.90 Å². The van der Waals surface area contributed by atoms with Crippen molar-refractivity contribution in [3.8, 4) is 0 Å². The van der Waals surface area contributed by atoms with Crippen LogP contribution in [0.4, 0.5) is 10.1 Å². The highest BCUT2D eigenvalue weighted by atomic mass is 32.2. The Hall–Kier alpha value is -1.51. The molecule has 0 aliphatic carbocycles. The van der Waals surface area contributed by atoms with Crippen LogP contribution in [-0.2, 0) is 15.0 Å². The molecule has 0 radical (unpaired) electrons. The van der Waals surface area contributed by atoms with Crippen LogP contribution in [0.25, 0.3) is 0 Å². The molecule has 1 amide bonds. The van der Waals surface area contributed by atoms with Gasteiger partial charge in [-0.25, -0.2) is 4.39 Å². The lowest BCUT2D eigenvalue weighted by atomic mass is 10.2. The Morgan fingerprint density at radius 3 is 2.74 bits per heavy atom. The largest absolute Gasteiger partial charge is 0.308 e. The van der Waals surface area contributed by atoms with Crippen LogP contribution in [0.15, 0.2) is 24.3 Å². The molecule has 0 bridgehead atoms. The first-order valence-corrected chi connectivity index (χ1v) is 9.10. The molecule has 8 heteroatoms. The number of hydrogen-bond donors (Lipinski definition) is 1. The molecule has 1 heterocycles. The molecule has 1 aromatic carbocycles. The first-order valence-electron chi connectivity index (χ1n) is 7.66. The molecule has 1 atom stereocenters. The van der Waals surface area contributed by atoms with Crippen LogP contribution in [-0.4, -0.2) is 44.8 Å². The minimum absolute atomic E-state index is 0.179. The van der Waals surface area contributed by atoms with Crippen LogP contribution >= 0.6 is 0 Å². The zero-order valence-corrected chi connectivity index (χ0v) is 14.1. The van der Waals surface area contributed by atoms with Crippen molar-refractivity contribution >= 4 is 21.8 Å². The first-order chi connectivity index (χ1) is 10.9. The fourth-order valence-electron chi connectivity index (χ4n) is 2.47. The fourth-order valence-corrected chi connectivity index (χ4v) is 3.60. The second kappa shape index (κ2) is 7.37. The monoisotopic (exact) mass is 343 g/mol. The number of benzene rings is 1. The van der Waals surface area contributed by atoms with Crippen molar-refractivity contribution in [3.63, 3.8) is 0 Å².